The lowest BCUT2D eigenvalue weighted by Crippen LogP contribution is -2.29. The standard InChI is InChI=1S/C14H14ClN3O2S/c15-11-6-2-1-5-10(11)13-16-17-14(20-13)21-9-12(19)18-7-3-4-8-18/h1-2,5-6H,3-4,7-9H2. The second-order valence-electron chi connectivity index (χ2n) is 4.73. The third-order valence-electron chi connectivity index (χ3n) is 3.29. The van der Waals surface area contributed by atoms with Gasteiger partial charge < -0.3 is 9.32 Å². The summed E-state index contributed by atoms with van der Waals surface area (Å²) in [6.07, 6.45) is 2.18. The second kappa shape index (κ2) is 6.49. The molecule has 0 N–H and O–H groups in total. The number of benzene rings is 1. The first-order valence-corrected chi connectivity index (χ1v) is 8.09. The van der Waals surface area contributed by atoms with Crippen molar-refractivity contribution in [3.63, 3.8) is 0 Å². The molecule has 2 aromatic rings. The fourth-order valence-electron chi connectivity index (χ4n) is 2.19. The van der Waals surface area contributed by atoms with E-state index in [0.29, 0.717) is 27.5 Å². The lowest BCUT2D eigenvalue weighted by Gasteiger charge is -2.13. The Morgan fingerprint density at radius 3 is 2.81 bits per heavy atom. The van der Waals surface area contributed by atoms with Crippen molar-refractivity contribution in [3.8, 4) is 11.5 Å². The molecular weight excluding hydrogens is 310 g/mol. The van der Waals surface area contributed by atoms with Gasteiger partial charge in [0.25, 0.3) is 5.22 Å². The summed E-state index contributed by atoms with van der Waals surface area (Å²) in [5.41, 5.74) is 0.699. The molecule has 1 fully saturated rings. The smallest absolute Gasteiger partial charge is 0.277 e. The summed E-state index contributed by atoms with van der Waals surface area (Å²) in [6, 6.07) is 7.28. The van der Waals surface area contributed by atoms with Crippen molar-refractivity contribution in [1.29, 1.82) is 0 Å². The normalized spacial score (nSPS) is 14.6. The van der Waals surface area contributed by atoms with E-state index in [1.165, 1.54) is 11.8 Å². The molecule has 1 saturated heterocycles. The third kappa shape index (κ3) is 3.39. The zero-order chi connectivity index (χ0) is 14.7. The molecule has 1 aliphatic rings. The molecule has 2 heterocycles. The number of nitrogens with zero attached hydrogens (tertiary/aromatic N) is 3. The van der Waals surface area contributed by atoms with Crippen molar-refractivity contribution >= 4 is 29.3 Å². The van der Waals surface area contributed by atoms with Crippen molar-refractivity contribution < 1.29 is 9.21 Å². The summed E-state index contributed by atoms with van der Waals surface area (Å²) in [7, 11) is 0. The van der Waals surface area contributed by atoms with E-state index in [0.717, 1.165) is 25.9 Å². The van der Waals surface area contributed by atoms with Gasteiger partial charge in [-0.05, 0) is 25.0 Å². The Morgan fingerprint density at radius 1 is 1.29 bits per heavy atom. The molecule has 0 unspecified atom stereocenters. The number of hydrogen-bond acceptors (Lipinski definition) is 5. The van der Waals surface area contributed by atoms with Crippen LogP contribution in [0.2, 0.25) is 5.02 Å². The number of thioether (sulfide) groups is 1. The zero-order valence-corrected chi connectivity index (χ0v) is 12.9. The molecule has 1 aromatic carbocycles. The van der Waals surface area contributed by atoms with Gasteiger partial charge in [-0.2, -0.15) is 0 Å². The highest BCUT2D eigenvalue weighted by Crippen LogP contribution is 2.28. The van der Waals surface area contributed by atoms with Gasteiger partial charge in [-0.3, -0.25) is 4.79 Å². The van der Waals surface area contributed by atoms with Crippen molar-refractivity contribution in [2.75, 3.05) is 18.8 Å². The van der Waals surface area contributed by atoms with Crippen LogP contribution in [-0.4, -0.2) is 39.8 Å². The summed E-state index contributed by atoms with van der Waals surface area (Å²) in [5.74, 6) is 0.816. The number of hydrogen-bond donors (Lipinski definition) is 0. The van der Waals surface area contributed by atoms with Crippen LogP contribution in [0.4, 0.5) is 0 Å². The summed E-state index contributed by atoms with van der Waals surface area (Å²) in [4.78, 5) is 13.8. The first kappa shape index (κ1) is 14.4. The van der Waals surface area contributed by atoms with Crippen LogP contribution in [0.15, 0.2) is 33.9 Å². The maximum absolute atomic E-state index is 11.9. The minimum atomic E-state index is 0.120. The molecule has 0 spiro atoms. The average Bonchev–Trinajstić information content (AvgIpc) is 3.17. The van der Waals surface area contributed by atoms with Gasteiger partial charge in [0.1, 0.15) is 0 Å². The Kier molecular flexibility index (Phi) is 4.45. The van der Waals surface area contributed by atoms with Gasteiger partial charge in [0.2, 0.25) is 11.8 Å². The topological polar surface area (TPSA) is 59.2 Å². The second-order valence-corrected chi connectivity index (χ2v) is 6.06. The van der Waals surface area contributed by atoms with E-state index in [2.05, 4.69) is 10.2 Å². The minimum Gasteiger partial charge on any atom is -0.411 e. The number of rotatable bonds is 4. The van der Waals surface area contributed by atoms with Crippen LogP contribution in [0.25, 0.3) is 11.5 Å². The summed E-state index contributed by atoms with van der Waals surface area (Å²) in [5, 5.41) is 8.87. The molecule has 0 atom stereocenters. The van der Waals surface area contributed by atoms with Crippen molar-refractivity contribution in [2.45, 2.75) is 18.1 Å². The Hall–Kier alpha value is -1.53. The monoisotopic (exact) mass is 323 g/mol. The summed E-state index contributed by atoms with van der Waals surface area (Å²) >= 11 is 7.35. The molecule has 0 radical (unpaired) electrons. The SMILES string of the molecule is O=C(CSc1nnc(-c2ccccc2Cl)o1)N1CCCC1. The maximum Gasteiger partial charge on any atom is 0.277 e. The highest BCUT2D eigenvalue weighted by Gasteiger charge is 2.19. The first-order valence-electron chi connectivity index (χ1n) is 6.73. The van der Waals surface area contributed by atoms with Gasteiger partial charge in [-0.1, -0.05) is 35.5 Å². The van der Waals surface area contributed by atoms with Gasteiger partial charge >= 0.3 is 0 Å². The van der Waals surface area contributed by atoms with Crippen LogP contribution in [-0.2, 0) is 4.79 Å². The number of aromatic nitrogens is 2. The van der Waals surface area contributed by atoms with E-state index in [9.17, 15) is 4.79 Å². The van der Waals surface area contributed by atoms with E-state index in [4.69, 9.17) is 16.0 Å². The summed E-state index contributed by atoms with van der Waals surface area (Å²) < 4.78 is 5.55. The van der Waals surface area contributed by atoms with Crippen LogP contribution in [0.1, 0.15) is 12.8 Å². The quantitative estimate of drug-likeness (QED) is 0.809. The van der Waals surface area contributed by atoms with Gasteiger partial charge in [-0.15, -0.1) is 10.2 Å². The predicted molar refractivity (Wildman–Crippen MR) is 81.3 cm³/mol. The molecule has 0 bridgehead atoms. The van der Waals surface area contributed by atoms with Gasteiger partial charge in [-0.25, -0.2) is 0 Å². The highest BCUT2D eigenvalue weighted by molar-refractivity contribution is 7.99. The maximum atomic E-state index is 11.9. The zero-order valence-electron chi connectivity index (χ0n) is 11.3. The predicted octanol–water partition coefficient (Wildman–Crippen LogP) is 3.10. The minimum absolute atomic E-state index is 0.120. The highest BCUT2D eigenvalue weighted by atomic mass is 35.5. The van der Waals surface area contributed by atoms with Crippen molar-refractivity contribution in [2.24, 2.45) is 0 Å². The number of carbonyl (C=O) groups excluding carboxylic acids is 1. The van der Waals surface area contributed by atoms with E-state index in [1.54, 1.807) is 6.07 Å². The molecule has 110 valence electrons. The number of halogens is 1. The molecule has 1 aliphatic heterocycles. The third-order valence-corrected chi connectivity index (χ3v) is 4.42. The Bertz CT molecular complexity index is 641. The first-order chi connectivity index (χ1) is 10.2. The molecule has 0 aliphatic carbocycles. The number of likely N-dealkylation sites (tertiary alicyclic amines) is 1. The van der Waals surface area contributed by atoms with Crippen LogP contribution >= 0.6 is 23.4 Å². The molecule has 0 saturated carbocycles. The molecule has 3 rings (SSSR count). The molecule has 1 amide bonds. The van der Waals surface area contributed by atoms with Gasteiger partial charge in [0.05, 0.1) is 16.3 Å². The molecule has 7 heteroatoms. The molecule has 21 heavy (non-hydrogen) atoms. The largest absolute Gasteiger partial charge is 0.411 e. The van der Waals surface area contributed by atoms with E-state index < -0.39 is 0 Å². The Balaban J connectivity index is 1.63. The lowest BCUT2D eigenvalue weighted by atomic mass is 10.2. The van der Waals surface area contributed by atoms with Crippen LogP contribution in [0.5, 0.6) is 0 Å². The van der Waals surface area contributed by atoms with Crippen LogP contribution in [0, 0.1) is 0 Å². The fourth-order valence-corrected chi connectivity index (χ4v) is 3.08. The van der Waals surface area contributed by atoms with E-state index in [-0.39, 0.29) is 5.91 Å². The average molecular weight is 324 g/mol. The molecular formula is C14H14ClN3O2S. The summed E-state index contributed by atoms with van der Waals surface area (Å²) in [6.45, 7) is 1.71. The van der Waals surface area contributed by atoms with Crippen molar-refractivity contribution in [3.05, 3.63) is 29.3 Å². The van der Waals surface area contributed by atoms with E-state index >= 15 is 0 Å². The van der Waals surface area contributed by atoms with Crippen LogP contribution < -0.4 is 0 Å². The van der Waals surface area contributed by atoms with Gasteiger partial charge in [0, 0.05) is 13.1 Å². The number of amides is 1. The van der Waals surface area contributed by atoms with E-state index in [1.807, 2.05) is 23.1 Å². The van der Waals surface area contributed by atoms with Gasteiger partial charge in [0.15, 0.2) is 0 Å². The Morgan fingerprint density at radius 2 is 2.05 bits per heavy atom. The lowest BCUT2D eigenvalue weighted by molar-refractivity contribution is -0.127. The van der Waals surface area contributed by atoms with Crippen molar-refractivity contribution in [1.82, 2.24) is 15.1 Å². The number of carbonyl (C=O) groups is 1. The van der Waals surface area contributed by atoms with Crippen LogP contribution in [0.3, 0.4) is 0 Å². The molecule has 5 nitrogen and oxygen atoms in total. The fraction of sp³-hybridized carbons (Fsp3) is 0.357. The Labute approximate surface area is 131 Å². The molecule has 1 aromatic heterocycles.